The lowest BCUT2D eigenvalue weighted by Gasteiger charge is -1.98. The Balaban J connectivity index is 2.79. The van der Waals surface area contributed by atoms with Crippen LogP contribution in [-0.4, -0.2) is 4.40 Å². The van der Waals surface area contributed by atoms with Gasteiger partial charge in [0.25, 0.3) is 0 Å². The second kappa shape index (κ2) is 2.59. The van der Waals surface area contributed by atoms with Crippen LogP contribution in [0.4, 0.5) is 0 Å². The van der Waals surface area contributed by atoms with Crippen molar-refractivity contribution in [1.29, 1.82) is 0 Å². The molecule has 0 bridgehead atoms. The Morgan fingerprint density at radius 3 is 2.64 bits per heavy atom. The third-order valence-corrected chi connectivity index (χ3v) is 2.08. The van der Waals surface area contributed by atoms with Crippen LogP contribution in [0.1, 0.15) is 5.56 Å². The van der Waals surface area contributed by atoms with Gasteiger partial charge in [-0.25, -0.2) is 0 Å². The van der Waals surface area contributed by atoms with E-state index in [1.807, 2.05) is 30.6 Å². The summed E-state index contributed by atoms with van der Waals surface area (Å²) in [6.07, 6.45) is 4.04. The van der Waals surface area contributed by atoms with E-state index in [-0.39, 0.29) is 0 Å². The molecule has 2 heterocycles. The van der Waals surface area contributed by atoms with Crippen LogP contribution in [0.25, 0.3) is 5.52 Å². The summed E-state index contributed by atoms with van der Waals surface area (Å²) in [6.45, 7) is 0. The van der Waals surface area contributed by atoms with Gasteiger partial charge in [-0.15, -0.1) is 11.6 Å². The molecule has 0 unspecified atom stereocenters. The van der Waals surface area contributed by atoms with Crippen molar-refractivity contribution in [3.05, 3.63) is 42.2 Å². The van der Waals surface area contributed by atoms with Crippen LogP contribution in [0.15, 0.2) is 36.7 Å². The van der Waals surface area contributed by atoms with Gasteiger partial charge in [0, 0.05) is 23.8 Å². The van der Waals surface area contributed by atoms with E-state index in [9.17, 15) is 0 Å². The van der Waals surface area contributed by atoms with Crippen molar-refractivity contribution < 1.29 is 0 Å². The Morgan fingerprint density at radius 1 is 1.18 bits per heavy atom. The summed E-state index contributed by atoms with van der Waals surface area (Å²) in [5.41, 5.74) is 2.38. The second-order valence-corrected chi connectivity index (χ2v) is 2.74. The van der Waals surface area contributed by atoms with Crippen molar-refractivity contribution in [3.63, 3.8) is 0 Å². The molecule has 0 saturated heterocycles. The maximum absolute atomic E-state index is 5.75. The summed E-state index contributed by atoms with van der Waals surface area (Å²) in [6, 6.07) is 8.14. The number of hydrogen-bond acceptors (Lipinski definition) is 0. The van der Waals surface area contributed by atoms with Crippen LogP contribution in [0.2, 0.25) is 0 Å². The van der Waals surface area contributed by atoms with Gasteiger partial charge in [0.15, 0.2) is 0 Å². The Labute approximate surface area is 70.2 Å². The molecule has 0 spiro atoms. The van der Waals surface area contributed by atoms with E-state index in [1.165, 1.54) is 11.1 Å². The first-order valence-corrected chi connectivity index (χ1v) is 4.06. The maximum atomic E-state index is 5.75. The van der Waals surface area contributed by atoms with Crippen LogP contribution in [0.3, 0.4) is 0 Å². The first kappa shape index (κ1) is 6.74. The molecule has 0 aliphatic rings. The predicted octanol–water partition coefficient (Wildman–Crippen LogP) is 2.68. The van der Waals surface area contributed by atoms with Crippen molar-refractivity contribution in [2.24, 2.45) is 0 Å². The largest absolute Gasteiger partial charge is 0.324 e. The Bertz CT molecular complexity index is 364. The number of alkyl halides is 1. The summed E-state index contributed by atoms with van der Waals surface area (Å²) < 4.78 is 2.07. The number of hydrogen-bond donors (Lipinski definition) is 0. The highest BCUT2D eigenvalue weighted by Crippen LogP contribution is 2.12. The van der Waals surface area contributed by atoms with Gasteiger partial charge in [0.05, 0.1) is 0 Å². The average Bonchev–Trinajstić information content (AvgIpc) is 2.50. The third-order valence-electron chi connectivity index (χ3n) is 1.80. The molecule has 0 radical (unpaired) electrons. The summed E-state index contributed by atoms with van der Waals surface area (Å²) in [7, 11) is 0. The molecule has 0 saturated carbocycles. The van der Waals surface area contributed by atoms with Gasteiger partial charge < -0.3 is 4.40 Å². The maximum Gasteiger partial charge on any atom is 0.0494 e. The predicted molar refractivity (Wildman–Crippen MR) is 47.0 cm³/mol. The molecule has 0 N–H and O–H groups in total. The minimum atomic E-state index is 0.578. The van der Waals surface area contributed by atoms with Crippen LogP contribution in [0, 0.1) is 0 Å². The lowest BCUT2D eigenvalue weighted by molar-refractivity contribution is 1.17. The van der Waals surface area contributed by atoms with E-state index < -0.39 is 0 Å². The van der Waals surface area contributed by atoms with Gasteiger partial charge in [0.2, 0.25) is 0 Å². The Kier molecular flexibility index (Phi) is 1.59. The van der Waals surface area contributed by atoms with Gasteiger partial charge in [-0.2, -0.15) is 0 Å². The molecular formula is C9H8ClN. The van der Waals surface area contributed by atoms with E-state index in [1.54, 1.807) is 0 Å². The van der Waals surface area contributed by atoms with E-state index in [0.29, 0.717) is 5.88 Å². The van der Waals surface area contributed by atoms with Crippen LogP contribution in [-0.2, 0) is 5.88 Å². The minimum absolute atomic E-state index is 0.578. The van der Waals surface area contributed by atoms with Gasteiger partial charge >= 0.3 is 0 Å². The van der Waals surface area contributed by atoms with Crippen molar-refractivity contribution in [2.45, 2.75) is 5.88 Å². The number of pyridine rings is 1. The normalized spacial score (nSPS) is 10.6. The van der Waals surface area contributed by atoms with Crippen molar-refractivity contribution in [2.75, 3.05) is 0 Å². The molecule has 0 amide bonds. The monoisotopic (exact) mass is 165 g/mol. The second-order valence-electron chi connectivity index (χ2n) is 2.47. The topological polar surface area (TPSA) is 4.41 Å². The highest BCUT2D eigenvalue weighted by atomic mass is 35.5. The molecular weight excluding hydrogens is 158 g/mol. The molecule has 0 aliphatic heterocycles. The average molecular weight is 166 g/mol. The molecule has 2 aromatic heterocycles. The van der Waals surface area contributed by atoms with E-state index in [0.717, 1.165) is 0 Å². The summed E-state index contributed by atoms with van der Waals surface area (Å²) in [5, 5.41) is 0. The Hall–Kier alpha value is -0.950. The van der Waals surface area contributed by atoms with Gasteiger partial charge in [-0.1, -0.05) is 6.07 Å². The van der Waals surface area contributed by atoms with E-state index >= 15 is 0 Å². The zero-order valence-corrected chi connectivity index (χ0v) is 6.75. The van der Waals surface area contributed by atoms with Crippen LogP contribution < -0.4 is 0 Å². The zero-order valence-electron chi connectivity index (χ0n) is 6.00. The van der Waals surface area contributed by atoms with Crippen molar-refractivity contribution in [3.8, 4) is 0 Å². The summed E-state index contributed by atoms with van der Waals surface area (Å²) in [5.74, 6) is 0.578. The zero-order chi connectivity index (χ0) is 7.68. The Morgan fingerprint density at radius 2 is 1.91 bits per heavy atom. The number of aromatic nitrogens is 1. The molecule has 2 rings (SSSR count). The number of fused-ring (bicyclic) bond motifs is 1. The van der Waals surface area contributed by atoms with Gasteiger partial charge in [-0.3, -0.25) is 0 Å². The highest BCUT2D eigenvalue weighted by Gasteiger charge is 1.96. The van der Waals surface area contributed by atoms with E-state index in [4.69, 9.17) is 11.6 Å². The molecule has 0 fully saturated rings. The van der Waals surface area contributed by atoms with Gasteiger partial charge in [-0.05, 0) is 23.8 Å². The molecule has 0 aromatic carbocycles. The summed E-state index contributed by atoms with van der Waals surface area (Å²) in [4.78, 5) is 0. The fourth-order valence-electron chi connectivity index (χ4n) is 1.25. The lowest BCUT2D eigenvalue weighted by atomic mass is 10.2. The van der Waals surface area contributed by atoms with E-state index in [2.05, 4.69) is 10.5 Å². The minimum Gasteiger partial charge on any atom is -0.324 e. The molecule has 0 aliphatic carbocycles. The highest BCUT2D eigenvalue weighted by molar-refractivity contribution is 6.17. The molecule has 2 aromatic rings. The fourth-order valence-corrected chi connectivity index (χ4v) is 1.47. The third kappa shape index (κ3) is 1.02. The lowest BCUT2D eigenvalue weighted by Crippen LogP contribution is -1.85. The molecule has 56 valence electrons. The first-order valence-electron chi connectivity index (χ1n) is 3.52. The SMILES string of the molecule is ClCc1cccn2cccc12. The smallest absolute Gasteiger partial charge is 0.0494 e. The molecule has 2 heteroatoms. The molecule has 0 atom stereocenters. The van der Waals surface area contributed by atoms with Crippen LogP contribution >= 0.6 is 11.6 Å². The van der Waals surface area contributed by atoms with Crippen LogP contribution in [0.5, 0.6) is 0 Å². The molecule has 11 heavy (non-hydrogen) atoms. The molecule has 1 nitrogen and oxygen atoms in total. The van der Waals surface area contributed by atoms with Crippen molar-refractivity contribution in [1.82, 2.24) is 4.40 Å². The number of nitrogens with zero attached hydrogens (tertiary/aromatic N) is 1. The number of rotatable bonds is 1. The standard InChI is InChI=1S/C9H8ClN/c10-7-8-3-1-5-11-6-2-4-9(8)11/h1-6H,7H2. The van der Waals surface area contributed by atoms with Gasteiger partial charge in [0.1, 0.15) is 0 Å². The fraction of sp³-hybridized carbons (Fsp3) is 0.111. The first-order chi connectivity index (χ1) is 5.42. The quantitative estimate of drug-likeness (QED) is 0.573. The number of halogens is 1. The van der Waals surface area contributed by atoms with Crippen molar-refractivity contribution >= 4 is 17.1 Å². The summed E-state index contributed by atoms with van der Waals surface area (Å²) >= 11 is 5.75.